The molecule has 0 atom stereocenters. The van der Waals surface area contributed by atoms with Crippen LogP contribution in [0.4, 0.5) is 5.69 Å². The Morgan fingerprint density at radius 1 is 1.03 bits per heavy atom. The van der Waals surface area contributed by atoms with E-state index >= 15 is 0 Å². The van der Waals surface area contributed by atoms with Crippen LogP contribution in [0.15, 0.2) is 88.9 Å². The van der Waals surface area contributed by atoms with Crippen molar-refractivity contribution < 1.29 is 22.7 Å². The quantitative estimate of drug-likeness (QED) is 0.364. The maximum atomic E-state index is 13.4. The van der Waals surface area contributed by atoms with Gasteiger partial charge in [0.15, 0.2) is 0 Å². The molecular weight excluding hydrogens is 442 g/mol. The van der Waals surface area contributed by atoms with Crippen molar-refractivity contribution in [2.75, 3.05) is 24.6 Å². The van der Waals surface area contributed by atoms with Crippen LogP contribution in [0.3, 0.4) is 0 Å². The Morgan fingerprint density at radius 3 is 2.48 bits per heavy atom. The molecule has 0 fully saturated rings. The number of para-hydroxylation sites is 2. The lowest BCUT2D eigenvalue weighted by molar-refractivity contribution is -0.119. The Balaban J connectivity index is 1.87. The zero-order chi connectivity index (χ0) is 23.7. The van der Waals surface area contributed by atoms with Crippen molar-refractivity contribution in [2.45, 2.75) is 11.8 Å². The minimum Gasteiger partial charge on any atom is -0.497 e. The average Bonchev–Trinajstić information content (AvgIpc) is 2.84. The minimum absolute atomic E-state index is 0.0592. The summed E-state index contributed by atoms with van der Waals surface area (Å²) < 4.78 is 38.6. The van der Waals surface area contributed by atoms with E-state index < -0.39 is 22.5 Å². The Morgan fingerprint density at radius 2 is 1.76 bits per heavy atom. The van der Waals surface area contributed by atoms with Crippen molar-refractivity contribution >= 4 is 27.8 Å². The van der Waals surface area contributed by atoms with Gasteiger partial charge < -0.3 is 9.47 Å². The zero-order valence-corrected chi connectivity index (χ0v) is 19.2. The van der Waals surface area contributed by atoms with E-state index in [1.165, 1.54) is 18.3 Å². The van der Waals surface area contributed by atoms with Crippen molar-refractivity contribution in [3.63, 3.8) is 0 Å². The molecule has 0 aliphatic heterocycles. The van der Waals surface area contributed by atoms with Crippen LogP contribution in [-0.2, 0) is 14.8 Å². The molecule has 9 heteroatoms. The molecule has 3 aromatic carbocycles. The second-order valence-corrected chi connectivity index (χ2v) is 8.66. The van der Waals surface area contributed by atoms with E-state index in [1.54, 1.807) is 80.8 Å². The van der Waals surface area contributed by atoms with E-state index in [-0.39, 0.29) is 10.6 Å². The van der Waals surface area contributed by atoms with Gasteiger partial charge in [-0.05, 0) is 48.9 Å². The first-order valence-electron chi connectivity index (χ1n) is 10.2. The number of methoxy groups -OCH3 is 1. The van der Waals surface area contributed by atoms with Gasteiger partial charge in [-0.3, -0.25) is 9.10 Å². The summed E-state index contributed by atoms with van der Waals surface area (Å²) >= 11 is 0. The molecule has 0 saturated carbocycles. The number of carbonyl (C=O) groups is 1. The summed E-state index contributed by atoms with van der Waals surface area (Å²) in [5, 5.41) is 3.94. The lowest BCUT2D eigenvalue weighted by atomic mass is 10.2. The highest BCUT2D eigenvalue weighted by molar-refractivity contribution is 7.92. The molecule has 33 heavy (non-hydrogen) atoms. The van der Waals surface area contributed by atoms with Gasteiger partial charge in [0.1, 0.15) is 18.0 Å². The highest BCUT2D eigenvalue weighted by Gasteiger charge is 2.29. The lowest BCUT2D eigenvalue weighted by Crippen LogP contribution is -2.39. The average molecular weight is 468 g/mol. The second-order valence-electron chi connectivity index (χ2n) is 6.80. The first kappa shape index (κ1) is 23.8. The Labute approximate surface area is 193 Å². The van der Waals surface area contributed by atoms with Gasteiger partial charge in [-0.1, -0.05) is 42.5 Å². The van der Waals surface area contributed by atoms with Crippen LogP contribution in [0.5, 0.6) is 11.5 Å². The number of nitrogens with zero attached hydrogens (tertiary/aromatic N) is 2. The highest BCUT2D eigenvalue weighted by Crippen LogP contribution is 2.32. The molecule has 0 heterocycles. The Bertz CT molecular complexity index is 1210. The first-order valence-corrected chi connectivity index (χ1v) is 11.6. The molecule has 0 aliphatic rings. The third-order valence-electron chi connectivity index (χ3n) is 4.55. The van der Waals surface area contributed by atoms with Crippen LogP contribution < -0.4 is 19.2 Å². The summed E-state index contributed by atoms with van der Waals surface area (Å²) in [7, 11) is -2.50. The Kier molecular flexibility index (Phi) is 8.04. The van der Waals surface area contributed by atoms with E-state index in [0.29, 0.717) is 23.7 Å². The normalized spacial score (nSPS) is 11.2. The predicted molar refractivity (Wildman–Crippen MR) is 127 cm³/mol. The van der Waals surface area contributed by atoms with Crippen molar-refractivity contribution in [3.8, 4) is 11.5 Å². The van der Waals surface area contributed by atoms with Gasteiger partial charge >= 0.3 is 0 Å². The van der Waals surface area contributed by atoms with Gasteiger partial charge in [0, 0.05) is 0 Å². The number of anilines is 1. The van der Waals surface area contributed by atoms with E-state index in [9.17, 15) is 13.2 Å². The van der Waals surface area contributed by atoms with Gasteiger partial charge in [0.05, 0.1) is 30.5 Å². The molecule has 172 valence electrons. The zero-order valence-electron chi connectivity index (χ0n) is 18.3. The molecule has 0 saturated heterocycles. The molecule has 0 spiro atoms. The topological polar surface area (TPSA) is 97.3 Å². The molecule has 0 aromatic heterocycles. The molecule has 0 aliphatic carbocycles. The predicted octanol–water partition coefficient (Wildman–Crippen LogP) is 3.44. The number of nitrogens with one attached hydrogen (secondary N) is 1. The smallest absolute Gasteiger partial charge is 0.264 e. The maximum Gasteiger partial charge on any atom is 0.264 e. The van der Waals surface area contributed by atoms with E-state index in [2.05, 4.69) is 10.5 Å². The van der Waals surface area contributed by atoms with E-state index in [4.69, 9.17) is 9.47 Å². The van der Waals surface area contributed by atoms with Crippen molar-refractivity contribution in [1.82, 2.24) is 5.43 Å². The van der Waals surface area contributed by atoms with Crippen LogP contribution in [0, 0.1) is 0 Å². The largest absolute Gasteiger partial charge is 0.497 e. The molecule has 8 nitrogen and oxygen atoms in total. The molecule has 0 bridgehead atoms. The van der Waals surface area contributed by atoms with Crippen molar-refractivity contribution in [2.24, 2.45) is 5.10 Å². The summed E-state index contributed by atoms with van der Waals surface area (Å²) in [6.45, 7) is 1.65. The molecule has 1 N–H and O–H groups in total. The fourth-order valence-electron chi connectivity index (χ4n) is 3.03. The third-order valence-corrected chi connectivity index (χ3v) is 6.32. The highest BCUT2D eigenvalue weighted by atomic mass is 32.2. The number of sulfonamides is 1. The number of benzene rings is 3. The summed E-state index contributed by atoms with van der Waals surface area (Å²) in [6.07, 6.45) is 1.45. The summed E-state index contributed by atoms with van der Waals surface area (Å²) in [6, 6.07) is 21.7. The van der Waals surface area contributed by atoms with Crippen LogP contribution in [-0.4, -0.2) is 40.8 Å². The van der Waals surface area contributed by atoms with Gasteiger partial charge in [0.2, 0.25) is 0 Å². The summed E-state index contributed by atoms with van der Waals surface area (Å²) in [5.41, 5.74) is 3.36. The number of hydrogen-bond donors (Lipinski definition) is 1. The van der Waals surface area contributed by atoms with E-state index in [0.717, 1.165) is 4.31 Å². The molecule has 1 amide bonds. The second kappa shape index (κ2) is 11.1. The van der Waals surface area contributed by atoms with Crippen LogP contribution in [0.1, 0.15) is 12.5 Å². The van der Waals surface area contributed by atoms with Gasteiger partial charge in [-0.2, -0.15) is 5.10 Å². The number of hydrazone groups is 1. The monoisotopic (exact) mass is 467 g/mol. The first-order chi connectivity index (χ1) is 16.0. The van der Waals surface area contributed by atoms with E-state index in [1.807, 2.05) is 0 Å². The number of amides is 1. The molecule has 3 rings (SSSR count). The van der Waals surface area contributed by atoms with Gasteiger partial charge in [-0.15, -0.1) is 0 Å². The molecular formula is C24H25N3O5S. The minimum atomic E-state index is -4.05. The fraction of sp³-hybridized carbons (Fsp3) is 0.167. The lowest BCUT2D eigenvalue weighted by Gasteiger charge is -2.25. The summed E-state index contributed by atoms with van der Waals surface area (Å²) in [4.78, 5) is 12.8. The molecule has 0 radical (unpaired) electrons. The molecule has 3 aromatic rings. The SMILES string of the molecule is CCOc1ccccc1N(CC(=O)N/N=C\c1cccc(OC)c1)S(=O)(=O)c1ccccc1. The van der Waals surface area contributed by atoms with Crippen LogP contribution in [0.2, 0.25) is 0 Å². The van der Waals surface area contributed by atoms with Crippen LogP contribution in [0.25, 0.3) is 0 Å². The molecule has 0 unspecified atom stereocenters. The van der Waals surface area contributed by atoms with Gasteiger partial charge in [-0.25, -0.2) is 13.8 Å². The Hall–Kier alpha value is -3.85. The number of rotatable bonds is 10. The fourth-order valence-corrected chi connectivity index (χ4v) is 4.48. The van der Waals surface area contributed by atoms with Crippen molar-refractivity contribution in [1.29, 1.82) is 0 Å². The summed E-state index contributed by atoms with van der Waals surface area (Å²) in [5.74, 6) is 0.394. The van der Waals surface area contributed by atoms with Gasteiger partial charge in [0.25, 0.3) is 15.9 Å². The van der Waals surface area contributed by atoms with Crippen molar-refractivity contribution in [3.05, 3.63) is 84.4 Å². The third kappa shape index (κ3) is 6.11. The standard InChI is InChI=1S/C24H25N3O5S/c1-3-32-23-15-8-7-14-22(23)27(33(29,30)21-12-5-4-6-13-21)18-24(28)26-25-17-19-10-9-11-20(16-19)31-2/h4-17H,3,18H2,1-2H3,(H,26,28)/b25-17-. The number of hydrogen-bond acceptors (Lipinski definition) is 6. The maximum absolute atomic E-state index is 13.4. The van der Waals surface area contributed by atoms with Crippen LogP contribution >= 0.6 is 0 Å². The number of carbonyl (C=O) groups excluding carboxylic acids is 1. The number of ether oxygens (including phenoxy) is 2.